The number of rotatable bonds is 7. The van der Waals surface area contributed by atoms with Gasteiger partial charge in [-0.3, -0.25) is 4.79 Å². The zero-order chi connectivity index (χ0) is 16.0. The predicted octanol–water partition coefficient (Wildman–Crippen LogP) is 3.14. The van der Waals surface area contributed by atoms with E-state index in [0.717, 1.165) is 25.7 Å². The number of hydrogen-bond acceptors (Lipinski definition) is 3. The van der Waals surface area contributed by atoms with Crippen LogP contribution in [0.15, 0.2) is 23.1 Å². The first kappa shape index (κ1) is 17.9. The molecule has 5 nitrogen and oxygen atoms in total. The minimum Gasteiger partial charge on any atom is -0.326 e. The summed E-state index contributed by atoms with van der Waals surface area (Å²) in [6.45, 7) is 4.07. The first-order valence-electron chi connectivity index (χ1n) is 6.92. The molecule has 0 radical (unpaired) electrons. The average molecular weight is 333 g/mol. The van der Waals surface area contributed by atoms with Crippen molar-refractivity contribution < 1.29 is 13.2 Å². The number of hydrogen-bond donors (Lipinski definition) is 2. The number of sulfonamides is 1. The molecule has 0 aliphatic rings. The Morgan fingerprint density at radius 3 is 2.29 bits per heavy atom. The third-order valence-corrected chi connectivity index (χ3v) is 4.54. The molecule has 1 aromatic rings. The summed E-state index contributed by atoms with van der Waals surface area (Å²) in [6.07, 6.45) is 3.51. The Morgan fingerprint density at radius 2 is 1.86 bits per heavy atom. The summed E-state index contributed by atoms with van der Waals surface area (Å²) in [5, 5.41) is 7.81. The van der Waals surface area contributed by atoms with Crippen molar-refractivity contribution in [3.63, 3.8) is 0 Å². The zero-order valence-corrected chi connectivity index (χ0v) is 13.8. The molecule has 0 aliphatic carbocycles. The molecule has 7 heteroatoms. The van der Waals surface area contributed by atoms with E-state index in [0.29, 0.717) is 5.69 Å². The quantitative estimate of drug-likeness (QED) is 0.803. The molecule has 0 heterocycles. The normalized spacial score (nSPS) is 11.7. The van der Waals surface area contributed by atoms with Crippen molar-refractivity contribution in [1.82, 2.24) is 0 Å². The Balaban J connectivity index is 2.88. The van der Waals surface area contributed by atoms with E-state index in [-0.39, 0.29) is 21.7 Å². The van der Waals surface area contributed by atoms with Gasteiger partial charge in [0.1, 0.15) is 4.90 Å². The van der Waals surface area contributed by atoms with Crippen LogP contribution in [0.1, 0.15) is 39.5 Å². The van der Waals surface area contributed by atoms with Gasteiger partial charge in [0, 0.05) is 11.6 Å². The summed E-state index contributed by atoms with van der Waals surface area (Å²) in [5.41, 5.74) is 0.467. The maximum absolute atomic E-state index is 12.2. The molecule has 0 saturated heterocycles. The monoisotopic (exact) mass is 332 g/mol. The van der Waals surface area contributed by atoms with Crippen molar-refractivity contribution in [1.29, 1.82) is 0 Å². The summed E-state index contributed by atoms with van der Waals surface area (Å²) in [5.74, 6) is -0.116. The molecule has 0 aliphatic heterocycles. The molecule has 0 unspecified atom stereocenters. The van der Waals surface area contributed by atoms with E-state index in [1.807, 2.05) is 13.8 Å². The summed E-state index contributed by atoms with van der Waals surface area (Å²) < 4.78 is 22.5. The van der Waals surface area contributed by atoms with Crippen LogP contribution in [-0.2, 0) is 14.8 Å². The highest BCUT2D eigenvalue weighted by atomic mass is 35.5. The van der Waals surface area contributed by atoms with Crippen LogP contribution >= 0.6 is 11.6 Å². The minimum atomic E-state index is -3.86. The molecule has 118 valence electrons. The molecule has 0 aromatic heterocycles. The second-order valence-corrected chi connectivity index (χ2v) is 6.89. The molecule has 0 fully saturated rings. The van der Waals surface area contributed by atoms with Gasteiger partial charge in [0.05, 0.1) is 5.02 Å². The van der Waals surface area contributed by atoms with Crippen LogP contribution in [0, 0.1) is 5.92 Å². The van der Waals surface area contributed by atoms with E-state index in [1.54, 1.807) is 0 Å². The van der Waals surface area contributed by atoms with Crippen LogP contribution in [0.4, 0.5) is 5.69 Å². The molecule has 21 heavy (non-hydrogen) atoms. The van der Waals surface area contributed by atoms with Crippen LogP contribution in [0.2, 0.25) is 5.02 Å². The summed E-state index contributed by atoms with van der Waals surface area (Å²) in [6, 6.07) is 4.18. The highest BCUT2D eigenvalue weighted by molar-refractivity contribution is 7.89. The Morgan fingerprint density at radius 1 is 1.29 bits per heavy atom. The second-order valence-electron chi connectivity index (χ2n) is 4.95. The molecular weight excluding hydrogens is 312 g/mol. The maximum atomic E-state index is 12.2. The van der Waals surface area contributed by atoms with Crippen molar-refractivity contribution in [2.24, 2.45) is 11.1 Å². The van der Waals surface area contributed by atoms with Gasteiger partial charge in [-0.1, -0.05) is 38.3 Å². The standard InChI is InChI=1S/C14H21ClN2O3S/c1-3-5-10(6-4-2)14(18)17-11-7-8-13(12(15)9-11)21(16,19)20/h7-10H,3-6H2,1-2H3,(H,17,18)(H2,16,19,20). The van der Waals surface area contributed by atoms with Gasteiger partial charge in [0.25, 0.3) is 0 Å². The first-order chi connectivity index (χ1) is 9.79. The first-order valence-corrected chi connectivity index (χ1v) is 8.85. The van der Waals surface area contributed by atoms with Crippen LogP contribution in [-0.4, -0.2) is 14.3 Å². The maximum Gasteiger partial charge on any atom is 0.239 e. The van der Waals surface area contributed by atoms with E-state index in [1.165, 1.54) is 18.2 Å². The lowest BCUT2D eigenvalue weighted by atomic mass is 9.97. The topological polar surface area (TPSA) is 89.3 Å². The van der Waals surface area contributed by atoms with E-state index >= 15 is 0 Å². The van der Waals surface area contributed by atoms with E-state index in [4.69, 9.17) is 16.7 Å². The van der Waals surface area contributed by atoms with Crippen molar-refractivity contribution in [2.45, 2.75) is 44.4 Å². The molecule has 0 atom stereocenters. The summed E-state index contributed by atoms with van der Waals surface area (Å²) in [4.78, 5) is 12.0. The van der Waals surface area contributed by atoms with Gasteiger partial charge in [0.15, 0.2) is 0 Å². The molecular formula is C14H21ClN2O3S. The fourth-order valence-corrected chi connectivity index (χ4v) is 3.25. The van der Waals surface area contributed by atoms with Crippen molar-refractivity contribution >= 4 is 33.2 Å². The van der Waals surface area contributed by atoms with Gasteiger partial charge in [-0.25, -0.2) is 13.6 Å². The lowest BCUT2D eigenvalue weighted by Crippen LogP contribution is -2.22. The molecule has 0 saturated carbocycles. The second kappa shape index (κ2) is 7.77. The highest BCUT2D eigenvalue weighted by Gasteiger charge is 2.18. The molecule has 0 bridgehead atoms. The Bertz CT molecular complexity index is 596. The lowest BCUT2D eigenvalue weighted by Gasteiger charge is -2.15. The lowest BCUT2D eigenvalue weighted by molar-refractivity contribution is -0.120. The van der Waals surface area contributed by atoms with E-state index < -0.39 is 10.0 Å². The Kier molecular flexibility index (Phi) is 6.64. The van der Waals surface area contributed by atoms with E-state index in [2.05, 4.69) is 5.32 Å². The molecule has 0 spiro atoms. The van der Waals surface area contributed by atoms with Crippen LogP contribution in [0.3, 0.4) is 0 Å². The van der Waals surface area contributed by atoms with Gasteiger partial charge in [0.2, 0.25) is 15.9 Å². The van der Waals surface area contributed by atoms with Crippen LogP contribution in [0.25, 0.3) is 0 Å². The highest BCUT2D eigenvalue weighted by Crippen LogP contribution is 2.25. The van der Waals surface area contributed by atoms with Gasteiger partial charge in [-0.05, 0) is 31.0 Å². The van der Waals surface area contributed by atoms with Crippen molar-refractivity contribution in [3.8, 4) is 0 Å². The SMILES string of the molecule is CCCC(CCC)C(=O)Nc1ccc(S(N)(=O)=O)c(Cl)c1. The third kappa shape index (κ3) is 5.30. The third-order valence-electron chi connectivity index (χ3n) is 3.15. The summed E-state index contributed by atoms with van der Waals surface area (Å²) in [7, 11) is -3.86. The van der Waals surface area contributed by atoms with Crippen molar-refractivity contribution in [3.05, 3.63) is 23.2 Å². The molecule has 3 N–H and O–H groups in total. The summed E-state index contributed by atoms with van der Waals surface area (Å²) >= 11 is 5.89. The number of primary sulfonamides is 1. The largest absolute Gasteiger partial charge is 0.326 e. The Hall–Kier alpha value is -1.11. The fraction of sp³-hybridized carbons (Fsp3) is 0.500. The van der Waals surface area contributed by atoms with Gasteiger partial charge >= 0.3 is 0 Å². The molecule has 1 aromatic carbocycles. The predicted molar refractivity (Wildman–Crippen MR) is 84.8 cm³/mol. The zero-order valence-electron chi connectivity index (χ0n) is 12.2. The number of benzene rings is 1. The van der Waals surface area contributed by atoms with Crippen LogP contribution < -0.4 is 10.5 Å². The number of carbonyl (C=O) groups excluding carboxylic acids is 1. The van der Waals surface area contributed by atoms with Gasteiger partial charge < -0.3 is 5.32 Å². The van der Waals surface area contributed by atoms with E-state index in [9.17, 15) is 13.2 Å². The Labute approximate surface area is 130 Å². The average Bonchev–Trinajstić information content (AvgIpc) is 2.37. The van der Waals surface area contributed by atoms with Crippen LogP contribution in [0.5, 0.6) is 0 Å². The number of halogens is 1. The number of nitrogens with one attached hydrogen (secondary N) is 1. The smallest absolute Gasteiger partial charge is 0.239 e. The number of anilines is 1. The fourth-order valence-electron chi connectivity index (χ4n) is 2.16. The number of carbonyl (C=O) groups is 1. The van der Waals surface area contributed by atoms with Gasteiger partial charge in [-0.2, -0.15) is 0 Å². The van der Waals surface area contributed by atoms with Crippen molar-refractivity contribution in [2.75, 3.05) is 5.32 Å². The molecule has 1 rings (SSSR count). The minimum absolute atomic E-state index is 0.00201. The number of nitrogens with two attached hydrogens (primary N) is 1. The number of amides is 1. The molecule has 1 amide bonds. The van der Waals surface area contributed by atoms with Gasteiger partial charge in [-0.15, -0.1) is 0 Å².